The summed E-state index contributed by atoms with van der Waals surface area (Å²) in [6.45, 7) is 9.67. The number of rotatable bonds is 6. The summed E-state index contributed by atoms with van der Waals surface area (Å²) < 4.78 is 15.1. The van der Waals surface area contributed by atoms with E-state index in [1.54, 1.807) is 0 Å². The van der Waals surface area contributed by atoms with Gasteiger partial charge in [0.05, 0.1) is 37.3 Å². The first kappa shape index (κ1) is 57.3. The van der Waals surface area contributed by atoms with Crippen molar-refractivity contribution in [1.82, 2.24) is 4.40 Å². The number of benzene rings is 17. The average molecular weight is 1360 g/mol. The fraction of sp³-hybridized carbons (Fsp3) is 0.0612. The van der Waals surface area contributed by atoms with E-state index in [9.17, 15) is 0 Å². The molecule has 0 unspecified atom stereocenters. The maximum Gasteiger partial charge on any atom is 0.143 e. The summed E-state index contributed by atoms with van der Waals surface area (Å²) in [6, 6.07) is 113. The van der Waals surface area contributed by atoms with Crippen molar-refractivity contribution in [3.05, 3.63) is 320 Å². The number of hydrogen-bond acceptors (Lipinski definition) is 5. The van der Waals surface area contributed by atoms with Crippen LogP contribution in [0.1, 0.15) is 49.9 Å². The van der Waals surface area contributed by atoms with Gasteiger partial charge in [-0.1, -0.05) is 234 Å². The molecule has 0 saturated heterocycles. The molecule has 0 N–H and O–H groups in total. The highest BCUT2D eigenvalue weighted by atomic mass is 32.1. The molecule has 0 spiro atoms. The van der Waals surface area contributed by atoms with E-state index in [-0.39, 0.29) is 10.8 Å². The highest BCUT2D eigenvalue weighted by Gasteiger charge is 2.40. The van der Waals surface area contributed by atoms with Crippen molar-refractivity contribution in [2.24, 2.45) is 0 Å². The van der Waals surface area contributed by atoms with Crippen LogP contribution in [0.5, 0.6) is 0 Å². The first-order chi connectivity index (χ1) is 51.1. The van der Waals surface area contributed by atoms with Crippen LogP contribution in [0.2, 0.25) is 0 Å². The van der Waals surface area contributed by atoms with Gasteiger partial charge in [-0.05, 0) is 173 Å². The van der Waals surface area contributed by atoms with Gasteiger partial charge in [0.25, 0.3) is 0 Å². The number of thiophene rings is 2. The molecule has 2 aliphatic rings. The fourth-order valence-electron chi connectivity index (χ4n) is 19.6. The van der Waals surface area contributed by atoms with Crippen molar-refractivity contribution >= 4 is 211 Å². The van der Waals surface area contributed by atoms with Gasteiger partial charge in [0, 0.05) is 114 Å². The van der Waals surface area contributed by atoms with Crippen LogP contribution < -0.4 is 9.80 Å². The zero-order valence-electron chi connectivity index (χ0n) is 57.4. The quantitative estimate of drug-likeness (QED) is 0.166. The van der Waals surface area contributed by atoms with E-state index in [0.29, 0.717) is 0 Å². The summed E-state index contributed by atoms with van der Waals surface area (Å²) >= 11 is 3.78. The summed E-state index contributed by atoms with van der Waals surface area (Å²) in [5.74, 6) is 0. The van der Waals surface area contributed by atoms with E-state index >= 15 is 0 Å². The van der Waals surface area contributed by atoms with Gasteiger partial charge in [-0.15, -0.1) is 22.7 Å². The van der Waals surface area contributed by atoms with Gasteiger partial charge >= 0.3 is 0 Å². The Bertz CT molecular complexity index is 7640. The molecule has 0 fully saturated rings. The van der Waals surface area contributed by atoms with Crippen LogP contribution in [-0.4, -0.2) is 4.40 Å². The minimum Gasteiger partial charge on any atom is -0.455 e. The predicted octanol–water partition coefficient (Wildman–Crippen LogP) is 28.8. The van der Waals surface area contributed by atoms with Crippen molar-refractivity contribution in [2.45, 2.75) is 38.5 Å². The molecule has 0 radical (unpaired) electrons. The monoisotopic (exact) mass is 1360 g/mol. The predicted molar refractivity (Wildman–Crippen MR) is 446 cm³/mol. The second-order valence-corrected chi connectivity index (χ2v) is 32.3. The minimum absolute atomic E-state index is 0.251. The van der Waals surface area contributed by atoms with Crippen LogP contribution in [0, 0.1) is 0 Å². The molecule has 0 aliphatic heterocycles. The molecule has 5 aromatic heterocycles. The summed E-state index contributed by atoms with van der Waals surface area (Å²) in [5.41, 5.74) is 22.2. The maximum atomic E-state index is 7.46. The molecule has 2 aliphatic carbocycles. The van der Waals surface area contributed by atoms with Gasteiger partial charge in [0.15, 0.2) is 0 Å². The Morgan fingerprint density at radius 2 is 0.673 bits per heavy atom. The molecule has 0 saturated carbocycles. The first-order valence-corrected chi connectivity index (χ1v) is 37.8. The molecular weight excluding hydrogens is 1300 g/mol. The molecular formula is C98H61N3OS2. The van der Waals surface area contributed by atoms with E-state index in [1.807, 2.05) is 22.7 Å². The third-order valence-electron chi connectivity index (χ3n) is 24.2. The Kier molecular flexibility index (Phi) is 11.2. The number of anilines is 6. The number of nitrogens with zero attached hydrogens (tertiary/aromatic N) is 3. The molecule has 104 heavy (non-hydrogen) atoms. The van der Waals surface area contributed by atoms with Gasteiger partial charge in [0.2, 0.25) is 0 Å². The molecule has 0 bridgehead atoms. The minimum atomic E-state index is -0.254. The number of para-hydroxylation sites is 1. The Morgan fingerprint density at radius 1 is 0.298 bits per heavy atom. The average Bonchev–Trinajstić information content (AvgIpc) is 1.53. The van der Waals surface area contributed by atoms with E-state index in [4.69, 9.17) is 4.42 Å². The van der Waals surface area contributed by atoms with Crippen molar-refractivity contribution in [3.63, 3.8) is 0 Å². The molecule has 486 valence electrons. The lowest BCUT2D eigenvalue weighted by Gasteiger charge is -2.29. The summed E-state index contributed by atoms with van der Waals surface area (Å²) in [6.07, 6.45) is 0. The van der Waals surface area contributed by atoms with E-state index in [2.05, 4.69) is 339 Å². The van der Waals surface area contributed by atoms with E-state index in [1.165, 1.54) is 166 Å². The standard InChI is InChI=1S/C98H61N3OS2/c1-97(2)80-50-58(34-40-66(80)70-38-30-56-18-7-11-22-64(56)90(70)97)99(82-28-14-26-78-88-62-20-9-5-16-54(62)32-48-86(88)103-95(78)82)60-36-42-68-72-24-13-25-73-74-44-47-77-75(93(74)101(92(72)73)84(68)52-60)45-46-76-69-43-37-61(53-85(69)102-94(76)77)100(83-29-15-27-79-89-63-21-10-6-17-55(63)33-49-87(89)104-96(79)83)59-35-41-67-71-39-31-57-19-8-12-23-65(57)91(71)98(3,4)81(67)51-59/h5-53H,1-4H3. The molecule has 6 heteroatoms. The van der Waals surface area contributed by atoms with Crippen LogP contribution in [0.25, 0.3) is 176 Å². The molecule has 5 heterocycles. The van der Waals surface area contributed by atoms with Gasteiger partial charge in [0.1, 0.15) is 11.2 Å². The van der Waals surface area contributed by atoms with Crippen molar-refractivity contribution in [1.29, 1.82) is 0 Å². The van der Waals surface area contributed by atoms with Crippen LogP contribution in [0.3, 0.4) is 0 Å². The lowest BCUT2D eigenvalue weighted by atomic mass is 9.80. The Labute approximate surface area is 605 Å². The summed E-state index contributed by atoms with van der Waals surface area (Å²) in [5, 5.41) is 24.8. The zero-order valence-corrected chi connectivity index (χ0v) is 59.0. The van der Waals surface area contributed by atoms with Gasteiger partial charge in [-0.2, -0.15) is 0 Å². The second kappa shape index (κ2) is 20.3. The van der Waals surface area contributed by atoms with Gasteiger partial charge in [-0.3, -0.25) is 0 Å². The first-order valence-electron chi connectivity index (χ1n) is 36.2. The number of aromatic nitrogens is 1. The number of hydrogen-bond donors (Lipinski definition) is 0. The second-order valence-electron chi connectivity index (χ2n) is 30.2. The van der Waals surface area contributed by atoms with Crippen molar-refractivity contribution in [3.8, 4) is 22.3 Å². The molecule has 4 nitrogen and oxygen atoms in total. The zero-order chi connectivity index (χ0) is 68.3. The van der Waals surface area contributed by atoms with E-state index < -0.39 is 0 Å². The van der Waals surface area contributed by atoms with Crippen LogP contribution in [-0.2, 0) is 10.8 Å². The Hall–Kier alpha value is -12.3. The van der Waals surface area contributed by atoms with Gasteiger partial charge < -0.3 is 18.6 Å². The lowest BCUT2D eigenvalue weighted by molar-refractivity contribution is 0.666. The maximum absolute atomic E-state index is 7.46. The Balaban J connectivity index is 0.703. The summed E-state index contributed by atoms with van der Waals surface area (Å²) in [7, 11) is 0. The fourth-order valence-corrected chi connectivity index (χ4v) is 22.1. The number of furan rings is 1. The lowest BCUT2D eigenvalue weighted by Crippen LogP contribution is -2.17. The normalized spacial score (nSPS) is 13.9. The smallest absolute Gasteiger partial charge is 0.143 e. The molecule has 0 amide bonds. The number of fused-ring (bicyclic) bond motifs is 32. The van der Waals surface area contributed by atoms with Crippen molar-refractivity contribution in [2.75, 3.05) is 9.80 Å². The van der Waals surface area contributed by atoms with Crippen LogP contribution in [0.4, 0.5) is 34.1 Å². The summed E-state index contributed by atoms with van der Waals surface area (Å²) in [4.78, 5) is 5.06. The molecule has 17 aromatic carbocycles. The van der Waals surface area contributed by atoms with Gasteiger partial charge in [-0.25, -0.2) is 0 Å². The molecule has 24 rings (SSSR count). The van der Waals surface area contributed by atoms with Crippen LogP contribution in [0.15, 0.2) is 302 Å². The topological polar surface area (TPSA) is 24.0 Å². The SMILES string of the molecule is CC1(C)c2cc(N(c3ccc4c(c3)oc3c4ccc4c3ccc3c5cccc6c7ccc(N(c8ccc9c(c8)C(C)(C)c8c-9ccc9ccccc89)c8cccc9c8sc8ccc%10ccccc%10c89)cc7n(c43)c65)c3cccc4c3sc3ccc5ccccc5c34)ccc2-c2ccc3ccccc3c21. The third kappa shape index (κ3) is 7.45. The Morgan fingerprint density at radius 3 is 1.22 bits per heavy atom. The highest BCUT2D eigenvalue weighted by Crippen LogP contribution is 2.58. The largest absolute Gasteiger partial charge is 0.455 e. The molecule has 22 aromatic rings. The highest BCUT2D eigenvalue weighted by molar-refractivity contribution is 7.27. The van der Waals surface area contributed by atoms with Crippen LogP contribution >= 0.6 is 22.7 Å². The van der Waals surface area contributed by atoms with Crippen molar-refractivity contribution < 1.29 is 4.42 Å². The molecule has 0 atom stereocenters. The third-order valence-corrected chi connectivity index (χ3v) is 26.6. The van der Waals surface area contributed by atoms with E-state index in [0.717, 1.165) is 66.8 Å².